The number of nitrogens with one attached hydrogen (secondary N) is 1. The van der Waals surface area contributed by atoms with Gasteiger partial charge < -0.3 is 15.0 Å². The van der Waals surface area contributed by atoms with E-state index in [9.17, 15) is 14.4 Å². The molecule has 0 bridgehead atoms. The van der Waals surface area contributed by atoms with Gasteiger partial charge in [0, 0.05) is 30.0 Å². The van der Waals surface area contributed by atoms with Gasteiger partial charge in [-0.05, 0) is 54.6 Å². The summed E-state index contributed by atoms with van der Waals surface area (Å²) in [6, 6.07) is 27.5. The van der Waals surface area contributed by atoms with Gasteiger partial charge in [-0.2, -0.15) is 0 Å². The van der Waals surface area contributed by atoms with Crippen LogP contribution in [0.1, 0.15) is 35.3 Å². The summed E-state index contributed by atoms with van der Waals surface area (Å²) in [5.74, 6) is -0.116. The zero-order chi connectivity index (χ0) is 28.2. The molecule has 204 valence electrons. The summed E-state index contributed by atoms with van der Waals surface area (Å²) in [7, 11) is 1.59. The van der Waals surface area contributed by atoms with E-state index in [1.807, 2.05) is 98.8 Å². The summed E-state index contributed by atoms with van der Waals surface area (Å²) in [5, 5.41) is 4.80. The Morgan fingerprint density at radius 3 is 2.33 bits per heavy atom. The second-order valence-corrected chi connectivity index (χ2v) is 10.3. The van der Waals surface area contributed by atoms with Gasteiger partial charge in [0.15, 0.2) is 0 Å². The number of nitrogens with zero attached hydrogens (tertiary/aromatic N) is 2. The molecule has 0 saturated heterocycles. The lowest BCUT2D eigenvalue weighted by molar-refractivity contribution is -0.140. The molecule has 1 aliphatic heterocycles. The molecule has 0 saturated carbocycles. The number of amides is 3. The number of hydrogen-bond donors (Lipinski definition) is 1. The van der Waals surface area contributed by atoms with Crippen molar-refractivity contribution in [1.82, 2.24) is 10.2 Å². The van der Waals surface area contributed by atoms with E-state index in [0.29, 0.717) is 23.4 Å². The highest BCUT2D eigenvalue weighted by Gasteiger charge is 2.36. The molecular weight excluding hydrogens is 502 g/mol. The van der Waals surface area contributed by atoms with Gasteiger partial charge in [-0.1, -0.05) is 66.7 Å². The summed E-state index contributed by atoms with van der Waals surface area (Å²) < 4.78 is 5.41. The van der Waals surface area contributed by atoms with E-state index in [1.165, 1.54) is 4.90 Å². The molecule has 7 heteroatoms. The minimum Gasteiger partial charge on any atom is -0.497 e. The maximum atomic E-state index is 14.2. The van der Waals surface area contributed by atoms with Crippen molar-refractivity contribution < 1.29 is 19.1 Å². The number of methoxy groups -OCH3 is 1. The van der Waals surface area contributed by atoms with E-state index in [-0.39, 0.29) is 36.9 Å². The van der Waals surface area contributed by atoms with E-state index >= 15 is 0 Å². The molecular formula is C33H33N3O4. The fourth-order valence-electron chi connectivity index (χ4n) is 5.26. The molecule has 3 amide bonds. The summed E-state index contributed by atoms with van der Waals surface area (Å²) in [4.78, 5) is 44.5. The number of benzene rings is 4. The molecule has 5 rings (SSSR count). The van der Waals surface area contributed by atoms with Gasteiger partial charge in [-0.3, -0.25) is 19.3 Å². The van der Waals surface area contributed by atoms with Gasteiger partial charge >= 0.3 is 0 Å². The van der Waals surface area contributed by atoms with Crippen molar-refractivity contribution in [3.8, 4) is 5.75 Å². The van der Waals surface area contributed by atoms with E-state index in [1.54, 1.807) is 18.1 Å². The Hall–Kier alpha value is -4.65. The van der Waals surface area contributed by atoms with E-state index in [2.05, 4.69) is 5.32 Å². The van der Waals surface area contributed by atoms with E-state index in [0.717, 1.165) is 21.9 Å². The fraction of sp³-hybridized carbons (Fsp3) is 0.242. The molecule has 4 aromatic rings. The van der Waals surface area contributed by atoms with Gasteiger partial charge in [0.2, 0.25) is 11.8 Å². The Morgan fingerprint density at radius 1 is 0.900 bits per heavy atom. The number of carbonyl (C=O) groups is 3. The van der Waals surface area contributed by atoms with Crippen LogP contribution in [0.2, 0.25) is 0 Å². The topological polar surface area (TPSA) is 79.0 Å². The van der Waals surface area contributed by atoms with Crippen LogP contribution in [0.25, 0.3) is 10.8 Å². The predicted molar refractivity (Wildman–Crippen MR) is 156 cm³/mol. The van der Waals surface area contributed by atoms with E-state index < -0.39 is 6.04 Å². The molecule has 1 atom stereocenters. The lowest BCUT2D eigenvalue weighted by Crippen LogP contribution is -2.54. The predicted octanol–water partition coefficient (Wildman–Crippen LogP) is 4.97. The van der Waals surface area contributed by atoms with Crippen LogP contribution in [0.4, 0.5) is 5.69 Å². The highest BCUT2D eigenvalue weighted by molar-refractivity contribution is 6.26. The third-order valence-electron chi connectivity index (χ3n) is 7.13. The van der Waals surface area contributed by atoms with Crippen LogP contribution in [0, 0.1) is 0 Å². The minimum atomic E-state index is -0.792. The number of ether oxygens (including phenoxy) is 1. The van der Waals surface area contributed by atoms with Crippen molar-refractivity contribution in [3.05, 3.63) is 108 Å². The maximum absolute atomic E-state index is 14.2. The van der Waals surface area contributed by atoms with Crippen molar-refractivity contribution in [2.24, 2.45) is 0 Å². The first kappa shape index (κ1) is 26.9. The van der Waals surface area contributed by atoms with Crippen molar-refractivity contribution in [3.63, 3.8) is 0 Å². The Balaban J connectivity index is 1.52. The Bertz CT molecular complexity index is 1540. The molecule has 7 nitrogen and oxygen atoms in total. The highest BCUT2D eigenvalue weighted by atomic mass is 16.5. The van der Waals surface area contributed by atoms with Crippen molar-refractivity contribution in [2.45, 2.75) is 38.9 Å². The first-order chi connectivity index (χ1) is 19.4. The molecule has 1 N–H and O–H groups in total. The van der Waals surface area contributed by atoms with Crippen molar-refractivity contribution in [1.29, 1.82) is 0 Å². The van der Waals surface area contributed by atoms with Crippen LogP contribution < -0.4 is 15.0 Å². The second kappa shape index (κ2) is 11.6. The zero-order valence-electron chi connectivity index (χ0n) is 23.0. The molecule has 0 aromatic heterocycles. The molecule has 40 heavy (non-hydrogen) atoms. The first-order valence-corrected chi connectivity index (χ1v) is 13.5. The largest absolute Gasteiger partial charge is 0.497 e. The average Bonchev–Trinajstić information content (AvgIpc) is 3.23. The monoisotopic (exact) mass is 535 g/mol. The molecule has 1 aliphatic rings. The molecule has 0 aliphatic carbocycles. The van der Waals surface area contributed by atoms with Gasteiger partial charge in [0.25, 0.3) is 5.91 Å². The Kier molecular flexibility index (Phi) is 7.82. The summed E-state index contributed by atoms with van der Waals surface area (Å²) in [6.07, 6.45) is 0.332. The molecule has 0 radical (unpaired) electrons. The van der Waals surface area contributed by atoms with Crippen LogP contribution in [0.15, 0.2) is 91.0 Å². The summed E-state index contributed by atoms with van der Waals surface area (Å²) in [6.45, 7) is 3.79. The number of anilines is 1. The summed E-state index contributed by atoms with van der Waals surface area (Å²) >= 11 is 0. The van der Waals surface area contributed by atoms with Crippen molar-refractivity contribution in [2.75, 3.05) is 18.6 Å². The minimum absolute atomic E-state index is 0.105. The highest BCUT2D eigenvalue weighted by Crippen LogP contribution is 2.37. The SMILES string of the molecule is COc1cccc(CN(C(=O)CN2C(=O)c3cccc4cccc2c34)[C@H](Cc2ccccc2)C(=O)NC(C)C)c1. The molecule has 0 fully saturated rings. The smallest absolute Gasteiger partial charge is 0.259 e. The van der Waals surface area contributed by atoms with Crippen LogP contribution in [0.3, 0.4) is 0 Å². The average molecular weight is 536 g/mol. The quantitative estimate of drug-likeness (QED) is 0.311. The summed E-state index contributed by atoms with van der Waals surface area (Å²) in [5.41, 5.74) is 3.04. The second-order valence-electron chi connectivity index (χ2n) is 10.3. The standard InChI is InChI=1S/C33H33N3O4/c1-22(2)34-32(38)29(19-23-10-5-4-6-11-23)35(20-24-12-7-15-26(18-24)40-3)30(37)21-36-28-17-9-14-25-13-8-16-27(31(25)28)33(36)39/h4-18,22,29H,19-21H2,1-3H3,(H,34,38)/t29-/m1/s1. The Morgan fingerprint density at radius 2 is 1.60 bits per heavy atom. The molecule has 0 unspecified atom stereocenters. The molecule has 4 aromatic carbocycles. The third kappa shape index (κ3) is 5.54. The third-order valence-corrected chi connectivity index (χ3v) is 7.13. The van der Waals surface area contributed by atoms with Crippen LogP contribution in [-0.4, -0.2) is 48.4 Å². The Labute approximate surface area is 234 Å². The molecule has 0 spiro atoms. The van der Waals surface area contributed by atoms with Crippen LogP contribution >= 0.6 is 0 Å². The normalized spacial score (nSPS) is 13.0. The van der Waals surface area contributed by atoms with E-state index in [4.69, 9.17) is 4.74 Å². The van der Waals surface area contributed by atoms with Crippen molar-refractivity contribution >= 4 is 34.2 Å². The molecule has 1 heterocycles. The lowest BCUT2D eigenvalue weighted by atomic mass is 10.0. The van der Waals surface area contributed by atoms with Crippen LogP contribution in [-0.2, 0) is 22.6 Å². The van der Waals surface area contributed by atoms with Gasteiger partial charge in [0.05, 0.1) is 12.8 Å². The zero-order valence-corrected chi connectivity index (χ0v) is 23.0. The van der Waals surface area contributed by atoms with Gasteiger partial charge in [-0.15, -0.1) is 0 Å². The number of rotatable bonds is 10. The van der Waals surface area contributed by atoms with Gasteiger partial charge in [-0.25, -0.2) is 0 Å². The fourth-order valence-corrected chi connectivity index (χ4v) is 5.26. The first-order valence-electron chi connectivity index (χ1n) is 13.5. The lowest BCUT2D eigenvalue weighted by Gasteiger charge is -2.33. The van der Waals surface area contributed by atoms with Gasteiger partial charge in [0.1, 0.15) is 18.3 Å². The number of hydrogen-bond acceptors (Lipinski definition) is 4. The maximum Gasteiger partial charge on any atom is 0.259 e. The number of carbonyl (C=O) groups excluding carboxylic acids is 3. The van der Waals surface area contributed by atoms with Crippen LogP contribution in [0.5, 0.6) is 5.75 Å².